The van der Waals surface area contributed by atoms with Crippen molar-refractivity contribution < 1.29 is 13.3 Å². The average molecular weight is 298 g/mol. The second-order valence-electron chi connectivity index (χ2n) is 4.82. The van der Waals surface area contributed by atoms with E-state index in [1.54, 1.807) is 19.9 Å². The van der Waals surface area contributed by atoms with E-state index in [-0.39, 0.29) is 23.7 Å². The lowest BCUT2D eigenvalue weighted by atomic mass is 10.2. The van der Waals surface area contributed by atoms with Gasteiger partial charge in [-0.25, -0.2) is 13.4 Å². The van der Waals surface area contributed by atoms with Crippen LogP contribution in [0.4, 0.5) is 11.5 Å². The van der Waals surface area contributed by atoms with Crippen LogP contribution in [0, 0.1) is 21.4 Å². The first-order valence-corrected chi connectivity index (χ1v) is 7.46. The van der Waals surface area contributed by atoms with Crippen LogP contribution < -0.4 is 5.32 Å². The highest BCUT2D eigenvalue weighted by Gasteiger charge is 2.30. The summed E-state index contributed by atoms with van der Waals surface area (Å²) in [5.74, 6) is 0.212. The zero-order valence-corrected chi connectivity index (χ0v) is 12.1. The Labute approximate surface area is 116 Å². The molecule has 0 aliphatic heterocycles. The molecule has 9 heteroatoms. The van der Waals surface area contributed by atoms with Crippen molar-refractivity contribution in [2.24, 2.45) is 0 Å². The van der Waals surface area contributed by atoms with Crippen molar-refractivity contribution in [1.29, 1.82) is 5.26 Å². The maximum atomic E-state index is 11.5. The van der Waals surface area contributed by atoms with Crippen molar-refractivity contribution in [2.45, 2.75) is 18.6 Å². The first-order valence-electron chi connectivity index (χ1n) is 5.57. The number of pyridine rings is 1. The molecular formula is C11H14N4O4S. The Morgan fingerprint density at radius 2 is 2.10 bits per heavy atom. The van der Waals surface area contributed by atoms with E-state index in [2.05, 4.69) is 10.3 Å². The van der Waals surface area contributed by atoms with Crippen LogP contribution in [0.1, 0.15) is 19.5 Å². The highest BCUT2D eigenvalue weighted by atomic mass is 32.2. The maximum Gasteiger partial charge on any atom is 0.305 e. The zero-order chi connectivity index (χ0) is 15.6. The van der Waals surface area contributed by atoms with Crippen LogP contribution in [0.3, 0.4) is 0 Å². The van der Waals surface area contributed by atoms with E-state index >= 15 is 0 Å². The summed E-state index contributed by atoms with van der Waals surface area (Å²) in [6.45, 7) is 3.17. The topological polar surface area (TPSA) is 126 Å². The summed E-state index contributed by atoms with van der Waals surface area (Å²) >= 11 is 0. The quantitative estimate of drug-likeness (QED) is 0.637. The normalized spacial score (nSPS) is 11.7. The van der Waals surface area contributed by atoms with Crippen molar-refractivity contribution in [3.8, 4) is 6.07 Å². The molecule has 1 aromatic heterocycles. The van der Waals surface area contributed by atoms with Crippen LogP contribution in [0.2, 0.25) is 0 Å². The molecule has 108 valence electrons. The van der Waals surface area contributed by atoms with Crippen LogP contribution in [-0.4, -0.2) is 35.9 Å². The van der Waals surface area contributed by atoms with E-state index in [4.69, 9.17) is 5.26 Å². The highest BCUT2D eigenvalue weighted by Crippen LogP contribution is 2.20. The van der Waals surface area contributed by atoms with Crippen molar-refractivity contribution in [3.05, 3.63) is 27.9 Å². The molecular weight excluding hydrogens is 284 g/mol. The summed E-state index contributed by atoms with van der Waals surface area (Å²) in [5.41, 5.74) is -0.711. The fourth-order valence-electron chi connectivity index (χ4n) is 1.21. The Kier molecular flexibility index (Phi) is 4.29. The second kappa shape index (κ2) is 5.42. The minimum absolute atomic E-state index is 0.0709. The van der Waals surface area contributed by atoms with Gasteiger partial charge in [0, 0.05) is 18.9 Å². The van der Waals surface area contributed by atoms with Gasteiger partial charge >= 0.3 is 5.69 Å². The summed E-state index contributed by atoms with van der Waals surface area (Å²) in [4.78, 5) is 13.7. The molecule has 0 aliphatic carbocycles. The van der Waals surface area contributed by atoms with Gasteiger partial charge in [-0.3, -0.25) is 10.1 Å². The molecule has 1 aromatic rings. The number of hydrogen-bond donors (Lipinski definition) is 1. The number of anilines is 1. The average Bonchev–Trinajstić information content (AvgIpc) is 2.34. The molecule has 0 spiro atoms. The van der Waals surface area contributed by atoms with Crippen LogP contribution in [0.5, 0.6) is 0 Å². The van der Waals surface area contributed by atoms with E-state index in [0.29, 0.717) is 0 Å². The Balaban J connectivity index is 2.97. The number of nitrogens with one attached hydrogen (secondary N) is 1. The van der Waals surface area contributed by atoms with E-state index < -0.39 is 19.5 Å². The van der Waals surface area contributed by atoms with E-state index in [0.717, 1.165) is 12.3 Å². The lowest BCUT2D eigenvalue weighted by Crippen LogP contribution is -2.38. The van der Waals surface area contributed by atoms with Gasteiger partial charge in [0.25, 0.3) is 0 Å². The highest BCUT2D eigenvalue weighted by molar-refractivity contribution is 7.92. The second-order valence-corrected chi connectivity index (χ2v) is 7.47. The van der Waals surface area contributed by atoms with Gasteiger partial charge in [0.15, 0.2) is 9.84 Å². The van der Waals surface area contributed by atoms with Crippen molar-refractivity contribution in [3.63, 3.8) is 0 Å². The molecule has 1 heterocycles. The molecule has 0 aromatic carbocycles. The summed E-state index contributed by atoms with van der Waals surface area (Å²) < 4.78 is 22.1. The maximum absolute atomic E-state index is 11.5. The fraction of sp³-hybridized carbons (Fsp3) is 0.455. The molecule has 0 saturated heterocycles. The Bertz CT molecular complexity index is 676. The summed E-state index contributed by atoms with van der Waals surface area (Å²) in [6.07, 6.45) is 1.12. The number of sulfone groups is 1. The fourth-order valence-corrected chi connectivity index (χ4v) is 1.55. The minimum Gasteiger partial charge on any atom is -0.368 e. The van der Waals surface area contributed by atoms with Crippen LogP contribution in [0.15, 0.2) is 12.1 Å². The summed E-state index contributed by atoms with van der Waals surface area (Å²) in [7, 11) is -3.27. The van der Waals surface area contributed by atoms with Crippen LogP contribution in [0.25, 0.3) is 0 Å². The van der Waals surface area contributed by atoms with Gasteiger partial charge in [-0.1, -0.05) is 0 Å². The van der Waals surface area contributed by atoms with Gasteiger partial charge in [-0.2, -0.15) is 5.26 Å². The number of rotatable bonds is 5. The van der Waals surface area contributed by atoms with Crippen molar-refractivity contribution in [2.75, 3.05) is 18.1 Å². The molecule has 0 amide bonds. The molecule has 0 bridgehead atoms. The lowest BCUT2D eigenvalue weighted by Gasteiger charge is -2.22. The molecule has 0 aliphatic rings. The number of aromatic nitrogens is 1. The van der Waals surface area contributed by atoms with Gasteiger partial charge in [-0.05, 0) is 19.9 Å². The third kappa shape index (κ3) is 3.42. The molecule has 0 unspecified atom stereocenters. The molecule has 0 atom stereocenters. The number of nitrogens with zero attached hydrogens (tertiary/aromatic N) is 3. The Morgan fingerprint density at radius 1 is 1.50 bits per heavy atom. The van der Waals surface area contributed by atoms with Crippen LogP contribution in [-0.2, 0) is 9.84 Å². The SMILES string of the molecule is CC(C)(CNc1ccc([N+](=O)[O-])c(C#N)n1)S(C)(=O)=O. The van der Waals surface area contributed by atoms with E-state index in [1.807, 2.05) is 0 Å². The molecule has 20 heavy (non-hydrogen) atoms. The number of nitro groups is 1. The lowest BCUT2D eigenvalue weighted by molar-refractivity contribution is -0.385. The van der Waals surface area contributed by atoms with E-state index in [1.165, 1.54) is 6.07 Å². The molecule has 0 radical (unpaired) electrons. The van der Waals surface area contributed by atoms with E-state index in [9.17, 15) is 18.5 Å². The predicted molar refractivity (Wildman–Crippen MR) is 73.0 cm³/mol. The van der Waals surface area contributed by atoms with Gasteiger partial charge in [0.05, 0.1) is 9.67 Å². The first kappa shape index (κ1) is 15.8. The zero-order valence-electron chi connectivity index (χ0n) is 11.2. The standard InChI is InChI=1S/C11H14N4O4S/c1-11(2,20(3,18)19)7-13-10-5-4-9(15(16)17)8(6-12)14-10/h4-5H,7H2,1-3H3,(H,13,14). The van der Waals surface area contributed by atoms with Crippen molar-refractivity contribution >= 4 is 21.3 Å². The molecule has 0 saturated carbocycles. The monoisotopic (exact) mass is 298 g/mol. The molecule has 1 N–H and O–H groups in total. The Hall–Kier alpha value is -2.21. The van der Waals surface area contributed by atoms with Gasteiger partial charge in [0.1, 0.15) is 11.9 Å². The third-order valence-electron chi connectivity index (χ3n) is 2.88. The predicted octanol–water partition coefficient (Wildman–Crippen LogP) is 1.10. The van der Waals surface area contributed by atoms with Crippen molar-refractivity contribution in [1.82, 2.24) is 4.98 Å². The number of nitriles is 1. The smallest absolute Gasteiger partial charge is 0.305 e. The van der Waals surface area contributed by atoms with Gasteiger partial charge in [0.2, 0.25) is 5.69 Å². The first-order chi connectivity index (χ1) is 9.08. The largest absolute Gasteiger partial charge is 0.368 e. The molecule has 0 fully saturated rings. The minimum atomic E-state index is -3.27. The van der Waals surface area contributed by atoms with Gasteiger partial charge in [-0.15, -0.1) is 0 Å². The third-order valence-corrected chi connectivity index (χ3v) is 5.03. The summed E-state index contributed by atoms with van der Waals surface area (Å²) in [6, 6.07) is 4.12. The summed E-state index contributed by atoms with van der Waals surface area (Å²) in [5, 5.41) is 22.2. The van der Waals surface area contributed by atoms with Crippen LogP contribution >= 0.6 is 0 Å². The molecule has 8 nitrogen and oxygen atoms in total. The van der Waals surface area contributed by atoms with Gasteiger partial charge < -0.3 is 5.32 Å². The number of hydrogen-bond acceptors (Lipinski definition) is 7. The molecule has 1 rings (SSSR count). The Morgan fingerprint density at radius 3 is 2.55 bits per heavy atom.